The second kappa shape index (κ2) is 6.83. The van der Waals surface area contributed by atoms with Gasteiger partial charge in [-0.3, -0.25) is 4.90 Å². The summed E-state index contributed by atoms with van der Waals surface area (Å²) in [5.74, 6) is -0.608. The summed E-state index contributed by atoms with van der Waals surface area (Å²) in [7, 11) is 0. The van der Waals surface area contributed by atoms with Crippen LogP contribution in [-0.2, 0) is 0 Å². The molecule has 108 valence electrons. The first-order valence-electron chi connectivity index (χ1n) is 5.75. The van der Waals surface area contributed by atoms with Crippen LogP contribution in [0.5, 0.6) is 0 Å². The molecule has 0 spiro atoms. The van der Waals surface area contributed by atoms with Crippen molar-refractivity contribution in [3.63, 3.8) is 0 Å². The molecule has 0 saturated heterocycles. The summed E-state index contributed by atoms with van der Waals surface area (Å²) in [6.07, 6.45) is -4.44. The molecule has 0 aliphatic rings. The van der Waals surface area contributed by atoms with Crippen LogP contribution in [0.25, 0.3) is 0 Å². The van der Waals surface area contributed by atoms with Gasteiger partial charge >= 0.3 is 6.18 Å². The Hall–Kier alpha value is -1.18. The number of nitrogens with zero attached hydrogens (tertiary/aromatic N) is 1. The van der Waals surface area contributed by atoms with Gasteiger partial charge in [-0.05, 0) is 6.07 Å². The van der Waals surface area contributed by atoms with E-state index in [9.17, 15) is 17.6 Å². The van der Waals surface area contributed by atoms with Crippen molar-refractivity contribution in [2.75, 3.05) is 26.2 Å². The van der Waals surface area contributed by atoms with E-state index in [1.165, 1.54) is 24.3 Å². The fourth-order valence-electron chi connectivity index (χ4n) is 1.92. The number of aliphatic hydroxyl groups is 1. The third-order valence-electron chi connectivity index (χ3n) is 2.70. The summed E-state index contributed by atoms with van der Waals surface area (Å²) in [4.78, 5) is 0.929. The molecule has 1 rings (SSSR count). The van der Waals surface area contributed by atoms with E-state index in [1.807, 2.05) is 0 Å². The van der Waals surface area contributed by atoms with Crippen molar-refractivity contribution in [3.8, 4) is 0 Å². The van der Waals surface area contributed by atoms with Crippen LogP contribution in [0, 0.1) is 5.82 Å². The second-order valence-corrected chi connectivity index (χ2v) is 4.08. The monoisotopic (exact) mass is 280 g/mol. The summed E-state index contributed by atoms with van der Waals surface area (Å²) in [5.41, 5.74) is 5.57. The molecule has 1 atom stereocenters. The topological polar surface area (TPSA) is 49.5 Å². The third-order valence-corrected chi connectivity index (χ3v) is 2.70. The highest BCUT2D eigenvalue weighted by molar-refractivity contribution is 5.21. The summed E-state index contributed by atoms with van der Waals surface area (Å²) in [5, 5.41) is 8.85. The van der Waals surface area contributed by atoms with Gasteiger partial charge in [0.25, 0.3) is 0 Å². The van der Waals surface area contributed by atoms with Crippen LogP contribution >= 0.6 is 0 Å². The van der Waals surface area contributed by atoms with E-state index >= 15 is 0 Å². The van der Waals surface area contributed by atoms with Crippen molar-refractivity contribution in [2.24, 2.45) is 5.73 Å². The highest BCUT2D eigenvalue weighted by Crippen LogP contribution is 2.26. The van der Waals surface area contributed by atoms with Gasteiger partial charge in [-0.1, -0.05) is 18.2 Å². The number of hydrogen-bond acceptors (Lipinski definition) is 3. The predicted molar refractivity (Wildman–Crippen MR) is 62.9 cm³/mol. The molecule has 0 bridgehead atoms. The van der Waals surface area contributed by atoms with Crippen LogP contribution in [0.2, 0.25) is 0 Å². The number of alkyl halides is 3. The van der Waals surface area contributed by atoms with E-state index in [0.717, 1.165) is 4.90 Å². The average molecular weight is 280 g/mol. The minimum absolute atomic E-state index is 0.0997. The molecule has 0 amide bonds. The van der Waals surface area contributed by atoms with Gasteiger partial charge in [0.15, 0.2) is 0 Å². The minimum atomic E-state index is -4.44. The van der Waals surface area contributed by atoms with Gasteiger partial charge < -0.3 is 10.8 Å². The number of nitrogens with two attached hydrogens (primary N) is 1. The van der Waals surface area contributed by atoms with Crippen LogP contribution in [0.3, 0.4) is 0 Å². The summed E-state index contributed by atoms with van der Waals surface area (Å²) in [6.45, 7) is -2.10. The highest BCUT2D eigenvalue weighted by atomic mass is 19.4. The van der Waals surface area contributed by atoms with Gasteiger partial charge in [0.1, 0.15) is 5.82 Å². The Balaban J connectivity index is 3.00. The lowest BCUT2D eigenvalue weighted by atomic mass is 10.0. The fraction of sp³-hybridized carbons (Fsp3) is 0.500. The zero-order valence-electron chi connectivity index (χ0n) is 10.2. The van der Waals surface area contributed by atoms with E-state index < -0.39 is 31.2 Å². The maximum Gasteiger partial charge on any atom is 0.401 e. The lowest BCUT2D eigenvalue weighted by molar-refractivity contribution is -0.151. The highest BCUT2D eigenvalue weighted by Gasteiger charge is 2.34. The summed E-state index contributed by atoms with van der Waals surface area (Å²) in [6, 6.07) is 4.63. The molecule has 1 aromatic carbocycles. The van der Waals surface area contributed by atoms with Crippen molar-refractivity contribution in [2.45, 2.75) is 12.2 Å². The number of benzene rings is 1. The number of aliphatic hydroxyl groups excluding tert-OH is 1. The molecule has 0 saturated carbocycles. The van der Waals surface area contributed by atoms with E-state index in [2.05, 4.69) is 0 Å². The zero-order valence-corrected chi connectivity index (χ0v) is 10.2. The fourth-order valence-corrected chi connectivity index (χ4v) is 1.92. The Kier molecular flexibility index (Phi) is 5.71. The van der Waals surface area contributed by atoms with Gasteiger partial charge in [0, 0.05) is 18.7 Å². The van der Waals surface area contributed by atoms with Gasteiger partial charge in [-0.2, -0.15) is 13.2 Å². The van der Waals surface area contributed by atoms with Gasteiger partial charge in [0.05, 0.1) is 19.2 Å². The molecule has 19 heavy (non-hydrogen) atoms. The zero-order chi connectivity index (χ0) is 14.5. The molecule has 0 radical (unpaired) electrons. The lowest BCUT2D eigenvalue weighted by Gasteiger charge is -2.31. The van der Waals surface area contributed by atoms with Crippen LogP contribution in [0.15, 0.2) is 24.3 Å². The Labute approximate surface area is 108 Å². The van der Waals surface area contributed by atoms with Crippen molar-refractivity contribution >= 4 is 0 Å². The molecule has 0 heterocycles. The molecule has 1 unspecified atom stereocenters. The van der Waals surface area contributed by atoms with Gasteiger partial charge in [-0.25, -0.2) is 4.39 Å². The lowest BCUT2D eigenvalue weighted by Crippen LogP contribution is -2.42. The molecule has 3 N–H and O–H groups in total. The van der Waals surface area contributed by atoms with Crippen LogP contribution in [0.1, 0.15) is 11.6 Å². The first-order valence-corrected chi connectivity index (χ1v) is 5.75. The Morgan fingerprint density at radius 3 is 2.37 bits per heavy atom. The quantitative estimate of drug-likeness (QED) is 0.780. The summed E-state index contributed by atoms with van der Waals surface area (Å²) < 4.78 is 51.1. The Morgan fingerprint density at radius 2 is 1.89 bits per heavy atom. The van der Waals surface area contributed by atoms with Crippen LogP contribution in [0.4, 0.5) is 17.6 Å². The first-order chi connectivity index (χ1) is 8.89. The SMILES string of the molecule is NCC(c1ccccc1F)N(CCO)CC(F)(F)F. The average Bonchev–Trinajstić information content (AvgIpc) is 2.30. The molecule has 0 aliphatic heterocycles. The van der Waals surface area contributed by atoms with Gasteiger partial charge in [0.2, 0.25) is 0 Å². The van der Waals surface area contributed by atoms with E-state index in [-0.39, 0.29) is 18.7 Å². The Bertz CT molecular complexity index is 398. The second-order valence-electron chi connectivity index (χ2n) is 4.08. The standard InChI is InChI=1S/C12H16F4N2O/c13-10-4-2-1-3-9(10)11(7-17)18(5-6-19)8-12(14,15)16/h1-4,11,19H,5-8,17H2. The van der Waals surface area contributed by atoms with Crippen LogP contribution in [-0.4, -0.2) is 42.4 Å². The van der Waals surface area contributed by atoms with Crippen LogP contribution < -0.4 is 5.73 Å². The van der Waals surface area contributed by atoms with Crippen molar-refractivity contribution in [1.29, 1.82) is 0 Å². The van der Waals surface area contributed by atoms with Gasteiger partial charge in [-0.15, -0.1) is 0 Å². The molecular weight excluding hydrogens is 264 g/mol. The van der Waals surface area contributed by atoms with Crippen molar-refractivity contribution in [1.82, 2.24) is 4.90 Å². The molecule has 7 heteroatoms. The largest absolute Gasteiger partial charge is 0.401 e. The van der Waals surface area contributed by atoms with Crippen molar-refractivity contribution < 1.29 is 22.7 Å². The molecule has 0 aliphatic carbocycles. The van der Waals surface area contributed by atoms with E-state index in [4.69, 9.17) is 10.8 Å². The molecule has 0 fully saturated rings. The minimum Gasteiger partial charge on any atom is -0.395 e. The maximum atomic E-state index is 13.6. The smallest absolute Gasteiger partial charge is 0.395 e. The third kappa shape index (κ3) is 4.77. The normalized spacial score (nSPS) is 13.8. The first kappa shape index (κ1) is 15.9. The number of rotatable bonds is 6. The molecular formula is C12H16F4N2O. The molecule has 0 aromatic heterocycles. The molecule has 1 aromatic rings. The van der Waals surface area contributed by atoms with E-state index in [0.29, 0.717) is 0 Å². The summed E-state index contributed by atoms with van der Waals surface area (Å²) >= 11 is 0. The Morgan fingerprint density at radius 1 is 1.26 bits per heavy atom. The maximum absolute atomic E-state index is 13.6. The number of halogens is 4. The predicted octanol–water partition coefficient (Wildman–Crippen LogP) is 1.68. The van der Waals surface area contributed by atoms with Crippen molar-refractivity contribution in [3.05, 3.63) is 35.6 Å². The molecule has 3 nitrogen and oxygen atoms in total. The number of hydrogen-bond donors (Lipinski definition) is 2. The van der Waals surface area contributed by atoms with E-state index in [1.54, 1.807) is 0 Å².